The van der Waals surface area contributed by atoms with Crippen molar-refractivity contribution in [1.29, 1.82) is 5.26 Å². The number of halogens is 6. The maximum Gasteiger partial charge on any atom is 0.423 e. The van der Waals surface area contributed by atoms with E-state index in [2.05, 4.69) is 20.1 Å². The molecule has 1 fully saturated rings. The average Bonchev–Trinajstić information content (AvgIpc) is 3.12. The summed E-state index contributed by atoms with van der Waals surface area (Å²) in [6, 6.07) is 1.88. The molecule has 4 heterocycles. The predicted molar refractivity (Wildman–Crippen MR) is 96.8 cm³/mol. The third-order valence-corrected chi connectivity index (χ3v) is 5.26. The molecule has 0 amide bonds. The predicted octanol–water partition coefficient (Wildman–Crippen LogP) is 3.11. The number of hydrogen-bond donors (Lipinski definition) is 1. The summed E-state index contributed by atoms with van der Waals surface area (Å²) in [5, 5.41) is 12.1. The first kappa shape index (κ1) is 21.6. The highest BCUT2D eigenvalue weighted by molar-refractivity contribution is 5.58. The van der Waals surface area contributed by atoms with Gasteiger partial charge in [-0.3, -0.25) is 9.89 Å². The van der Waals surface area contributed by atoms with Crippen molar-refractivity contribution >= 4 is 11.6 Å². The number of nitrogens with zero attached hydrogens (tertiary/aromatic N) is 6. The van der Waals surface area contributed by atoms with Crippen molar-refractivity contribution in [2.45, 2.75) is 31.1 Å². The van der Waals surface area contributed by atoms with Gasteiger partial charge in [-0.05, 0) is 12.8 Å². The van der Waals surface area contributed by atoms with Crippen LogP contribution in [-0.4, -0.2) is 37.7 Å². The highest BCUT2D eigenvalue weighted by Gasteiger charge is 2.36. The molecule has 0 aliphatic carbocycles. The molecule has 3 aromatic heterocycles. The van der Waals surface area contributed by atoms with Crippen LogP contribution in [0.4, 0.5) is 32.3 Å². The van der Waals surface area contributed by atoms with Gasteiger partial charge in [0.05, 0.1) is 11.3 Å². The van der Waals surface area contributed by atoms with Crippen LogP contribution in [-0.2, 0) is 12.4 Å². The summed E-state index contributed by atoms with van der Waals surface area (Å²) in [5.74, 6) is -0.202. The van der Waals surface area contributed by atoms with Gasteiger partial charge in [-0.15, -0.1) is 0 Å². The molecule has 4 rings (SSSR count). The maximum atomic E-state index is 13.0. The largest absolute Gasteiger partial charge is 0.423 e. The number of nitriles is 1. The van der Waals surface area contributed by atoms with E-state index in [9.17, 15) is 36.4 Å². The minimum absolute atomic E-state index is 0.0277. The van der Waals surface area contributed by atoms with E-state index in [-0.39, 0.29) is 28.8 Å². The molecule has 1 N–H and O–H groups in total. The molecule has 8 nitrogen and oxygen atoms in total. The van der Waals surface area contributed by atoms with E-state index in [4.69, 9.17) is 0 Å². The van der Waals surface area contributed by atoms with Gasteiger partial charge in [-0.25, -0.2) is 15.0 Å². The van der Waals surface area contributed by atoms with Crippen LogP contribution in [0, 0.1) is 11.3 Å². The molecule has 14 heteroatoms. The number of rotatable bonds is 2. The topological polar surface area (TPSA) is 103 Å². The molecule has 0 bridgehead atoms. The van der Waals surface area contributed by atoms with Gasteiger partial charge in [0.1, 0.15) is 17.2 Å². The monoisotopic (exact) mass is 457 g/mol. The third-order valence-electron chi connectivity index (χ3n) is 5.26. The first-order valence-electron chi connectivity index (χ1n) is 9.26. The van der Waals surface area contributed by atoms with Crippen LogP contribution >= 0.6 is 0 Å². The van der Waals surface area contributed by atoms with Crippen molar-refractivity contribution < 1.29 is 26.3 Å². The van der Waals surface area contributed by atoms with Gasteiger partial charge in [-0.2, -0.15) is 36.1 Å². The molecule has 32 heavy (non-hydrogen) atoms. The Balaban J connectivity index is 1.58. The number of piperidine rings is 1. The Morgan fingerprint density at radius 3 is 2.16 bits per heavy atom. The maximum absolute atomic E-state index is 13.0. The molecule has 1 aliphatic heterocycles. The summed E-state index contributed by atoms with van der Waals surface area (Å²) >= 11 is 0. The van der Waals surface area contributed by atoms with E-state index >= 15 is 0 Å². The quantitative estimate of drug-likeness (QED) is 0.594. The van der Waals surface area contributed by atoms with E-state index in [0.29, 0.717) is 49.0 Å². The number of anilines is 1. The van der Waals surface area contributed by atoms with Crippen LogP contribution in [0.3, 0.4) is 0 Å². The first-order valence-corrected chi connectivity index (χ1v) is 9.26. The lowest BCUT2D eigenvalue weighted by Gasteiger charge is -2.31. The fraction of sp³-hybridized carbons (Fsp3) is 0.389. The summed E-state index contributed by atoms with van der Waals surface area (Å²) in [6.07, 6.45) is -6.87. The van der Waals surface area contributed by atoms with Gasteiger partial charge in [0.25, 0.3) is 5.56 Å². The first-order chi connectivity index (χ1) is 15.0. The molecule has 3 aromatic rings. The number of aromatic amines is 1. The van der Waals surface area contributed by atoms with Gasteiger partial charge < -0.3 is 4.90 Å². The molecule has 0 atom stereocenters. The van der Waals surface area contributed by atoms with Crippen LogP contribution in [0.25, 0.3) is 5.65 Å². The fourth-order valence-corrected chi connectivity index (χ4v) is 3.63. The highest BCUT2D eigenvalue weighted by atomic mass is 19.4. The van der Waals surface area contributed by atoms with Crippen molar-refractivity contribution in [3.05, 3.63) is 51.3 Å². The van der Waals surface area contributed by atoms with Crippen LogP contribution in [0.1, 0.15) is 41.1 Å². The lowest BCUT2D eigenvalue weighted by molar-refractivity contribution is -0.139. The van der Waals surface area contributed by atoms with E-state index in [1.165, 1.54) is 0 Å². The summed E-state index contributed by atoms with van der Waals surface area (Å²) in [7, 11) is 0. The molecule has 1 saturated heterocycles. The Morgan fingerprint density at radius 2 is 1.62 bits per heavy atom. The second-order valence-corrected chi connectivity index (χ2v) is 7.18. The molecule has 0 saturated carbocycles. The van der Waals surface area contributed by atoms with Crippen molar-refractivity contribution in [2.75, 3.05) is 18.0 Å². The van der Waals surface area contributed by atoms with Crippen LogP contribution in [0.15, 0.2) is 23.4 Å². The molecular weight excluding hydrogens is 444 g/mol. The Morgan fingerprint density at radius 1 is 1.00 bits per heavy atom. The zero-order chi connectivity index (χ0) is 23.3. The standard InChI is InChI=1S/C18H13F6N7O/c19-17(20,21)10-6-27-16(28-7-10)30-3-1-9(2-4-30)13-11(5-25)14-26-8-12(18(22,23)24)15(32)31(14)29-13/h6-9,29H,1-4H2. The molecule has 168 valence electrons. The van der Waals surface area contributed by atoms with Gasteiger partial charge in [-0.1, -0.05) is 0 Å². The van der Waals surface area contributed by atoms with Crippen molar-refractivity contribution in [2.24, 2.45) is 0 Å². The van der Waals surface area contributed by atoms with Crippen LogP contribution in [0.5, 0.6) is 0 Å². The second kappa shape index (κ2) is 7.50. The smallest absolute Gasteiger partial charge is 0.341 e. The Hall–Kier alpha value is -3.63. The number of H-pyrrole nitrogens is 1. The summed E-state index contributed by atoms with van der Waals surface area (Å²) < 4.78 is 77.6. The fourth-order valence-electron chi connectivity index (χ4n) is 3.63. The van der Waals surface area contributed by atoms with Gasteiger partial charge in [0.2, 0.25) is 5.95 Å². The molecule has 1 aliphatic rings. The van der Waals surface area contributed by atoms with Gasteiger partial charge >= 0.3 is 12.4 Å². The normalized spacial score (nSPS) is 15.8. The van der Waals surface area contributed by atoms with Crippen molar-refractivity contribution in [3.63, 3.8) is 0 Å². The van der Waals surface area contributed by atoms with E-state index < -0.39 is 29.0 Å². The third kappa shape index (κ3) is 3.74. The minimum atomic E-state index is -4.89. The average molecular weight is 457 g/mol. The van der Waals surface area contributed by atoms with Gasteiger partial charge in [0, 0.05) is 37.6 Å². The molecule has 0 spiro atoms. The minimum Gasteiger partial charge on any atom is -0.341 e. The van der Waals surface area contributed by atoms with Gasteiger partial charge in [0.15, 0.2) is 5.65 Å². The second-order valence-electron chi connectivity index (χ2n) is 7.18. The molecule has 0 unspecified atom stereocenters. The number of fused-ring (bicyclic) bond motifs is 1. The summed E-state index contributed by atoms with van der Waals surface area (Å²) in [5.41, 5.74) is -3.73. The number of alkyl halides is 6. The van der Waals surface area contributed by atoms with E-state index in [0.717, 1.165) is 0 Å². The van der Waals surface area contributed by atoms with E-state index in [1.807, 2.05) is 6.07 Å². The zero-order valence-corrected chi connectivity index (χ0v) is 16.0. The van der Waals surface area contributed by atoms with Crippen molar-refractivity contribution in [1.82, 2.24) is 24.6 Å². The number of nitrogens with one attached hydrogen (secondary N) is 1. The summed E-state index contributed by atoms with van der Waals surface area (Å²) in [6.45, 7) is 0.652. The van der Waals surface area contributed by atoms with Crippen LogP contribution in [0.2, 0.25) is 0 Å². The summed E-state index contributed by atoms with van der Waals surface area (Å²) in [4.78, 5) is 25.1. The van der Waals surface area contributed by atoms with Crippen molar-refractivity contribution in [3.8, 4) is 6.07 Å². The lowest BCUT2D eigenvalue weighted by atomic mass is 9.91. The number of aromatic nitrogens is 5. The van der Waals surface area contributed by atoms with E-state index in [1.54, 1.807) is 4.90 Å². The molecular formula is C18H13F6N7O. The Labute approximate surface area is 175 Å². The highest BCUT2D eigenvalue weighted by Crippen LogP contribution is 2.33. The number of hydrogen-bond acceptors (Lipinski definition) is 6. The Kier molecular flexibility index (Phi) is 5.06. The molecule has 0 aromatic carbocycles. The lowest BCUT2D eigenvalue weighted by Crippen LogP contribution is -2.34. The SMILES string of the molecule is N#Cc1c(C2CCN(c3ncc(C(F)(F)F)cn3)CC2)[nH]n2c(=O)c(C(F)(F)F)cnc12. The van der Waals surface area contributed by atoms with Crippen LogP contribution < -0.4 is 10.5 Å². The zero-order valence-electron chi connectivity index (χ0n) is 16.0. The molecule has 0 radical (unpaired) electrons. The Bertz CT molecular complexity index is 1240.